The molecule has 0 radical (unpaired) electrons. The molecule has 0 bridgehead atoms. The summed E-state index contributed by atoms with van der Waals surface area (Å²) in [7, 11) is 0. The highest BCUT2D eigenvalue weighted by atomic mass is 16.3. The predicted octanol–water partition coefficient (Wildman–Crippen LogP) is 2.22. The second-order valence-corrected chi connectivity index (χ2v) is 5.05. The molecule has 0 heterocycles. The van der Waals surface area contributed by atoms with Crippen LogP contribution in [-0.2, 0) is 4.79 Å². The number of hydrogen-bond donors (Lipinski definition) is 3. The third-order valence-electron chi connectivity index (χ3n) is 3.50. The maximum absolute atomic E-state index is 12.3. The van der Waals surface area contributed by atoms with E-state index in [9.17, 15) is 9.90 Å². The largest absolute Gasteiger partial charge is 0.399 e. The van der Waals surface area contributed by atoms with E-state index < -0.39 is 6.04 Å². The summed E-state index contributed by atoms with van der Waals surface area (Å²) in [6.07, 6.45) is 0. The average Bonchev–Trinajstić information content (AvgIpc) is 2.52. The Balaban J connectivity index is 2.09. The maximum Gasteiger partial charge on any atom is 0.227 e. The molecular formula is C17H20N2O2. The van der Waals surface area contributed by atoms with Gasteiger partial charge in [0.25, 0.3) is 0 Å². The predicted molar refractivity (Wildman–Crippen MR) is 83.7 cm³/mol. The Morgan fingerprint density at radius 1 is 1.14 bits per heavy atom. The Labute approximate surface area is 124 Å². The second-order valence-electron chi connectivity index (χ2n) is 5.05. The number of aliphatic hydroxyl groups excluding tert-OH is 1. The highest BCUT2D eigenvalue weighted by Gasteiger charge is 2.19. The van der Waals surface area contributed by atoms with Gasteiger partial charge in [0, 0.05) is 5.69 Å². The van der Waals surface area contributed by atoms with Gasteiger partial charge in [-0.2, -0.15) is 0 Å². The van der Waals surface area contributed by atoms with Crippen molar-refractivity contribution in [3.8, 4) is 0 Å². The number of amides is 1. The van der Waals surface area contributed by atoms with Crippen LogP contribution in [0, 0.1) is 0 Å². The van der Waals surface area contributed by atoms with E-state index >= 15 is 0 Å². The number of nitrogens with two attached hydrogens (primary N) is 1. The van der Waals surface area contributed by atoms with Gasteiger partial charge in [-0.25, -0.2) is 0 Å². The number of carbonyl (C=O) groups excluding carboxylic acids is 1. The summed E-state index contributed by atoms with van der Waals surface area (Å²) < 4.78 is 0. The molecule has 21 heavy (non-hydrogen) atoms. The van der Waals surface area contributed by atoms with Gasteiger partial charge in [0.1, 0.15) is 0 Å². The first-order chi connectivity index (χ1) is 10.1. The minimum Gasteiger partial charge on any atom is -0.399 e. The Hall–Kier alpha value is -2.33. The van der Waals surface area contributed by atoms with Crippen LogP contribution in [0.5, 0.6) is 0 Å². The number of nitrogens with one attached hydrogen (secondary N) is 1. The number of rotatable bonds is 5. The zero-order valence-electron chi connectivity index (χ0n) is 12.0. The van der Waals surface area contributed by atoms with Gasteiger partial charge in [0.05, 0.1) is 18.6 Å². The van der Waals surface area contributed by atoms with Crippen LogP contribution in [0.25, 0.3) is 0 Å². The molecule has 0 spiro atoms. The number of anilines is 1. The van der Waals surface area contributed by atoms with E-state index in [4.69, 9.17) is 5.73 Å². The summed E-state index contributed by atoms with van der Waals surface area (Å²) in [6.45, 7) is 1.68. The van der Waals surface area contributed by atoms with Gasteiger partial charge < -0.3 is 16.2 Å². The zero-order valence-corrected chi connectivity index (χ0v) is 12.0. The van der Waals surface area contributed by atoms with Crippen LogP contribution in [0.4, 0.5) is 5.69 Å². The smallest absolute Gasteiger partial charge is 0.227 e. The van der Waals surface area contributed by atoms with Crippen molar-refractivity contribution in [3.63, 3.8) is 0 Å². The van der Waals surface area contributed by atoms with Gasteiger partial charge >= 0.3 is 0 Å². The molecule has 4 nitrogen and oxygen atoms in total. The van der Waals surface area contributed by atoms with E-state index in [0.29, 0.717) is 5.69 Å². The van der Waals surface area contributed by atoms with Crippen LogP contribution in [0.15, 0.2) is 54.6 Å². The van der Waals surface area contributed by atoms with Gasteiger partial charge in [0.2, 0.25) is 5.91 Å². The quantitative estimate of drug-likeness (QED) is 0.737. The number of hydrogen-bond acceptors (Lipinski definition) is 3. The van der Waals surface area contributed by atoms with Crippen molar-refractivity contribution >= 4 is 11.6 Å². The van der Waals surface area contributed by atoms with Crippen molar-refractivity contribution < 1.29 is 9.90 Å². The van der Waals surface area contributed by atoms with Crippen LogP contribution < -0.4 is 11.1 Å². The molecule has 4 heteroatoms. The molecule has 0 aromatic heterocycles. The normalized spacial score (nSPS) is 13.4. The zero-order chi connectivity index (χ0) is 15.2. The standard InChI is InChI=1S/C17H20N2O2/c1-12(14-8-5-9-15(18)10-14)17(21)19-16(11-20)13-6-3-2-4-7-13/h2-10,12,16,20H,11,18H2,1H3,(H,19,21). The first-order valence-corrected chi connectivity index (χ1v) is 6.93. The van der Waals surface area contributed by atoms with E-state index in [2.05, 4.69) is 5.32 Å². The summed E-state index contributed by atoms with van der Waals surface area (Å²) >= 11 is 0. The van der Waals surface area contributed by atoms with Crippen LogP contribution in [0.2, 0.25) is 0 Å². The Morgan fingerprint density at radius 2 is 1.81 bits per heavy atom. The Kier molecular flexibility index (Phi) is 4.95. The van der Waals surface area contributed by atoms with Crippen LogP contribution in [-0.4, -0.2) is 17.6 Å². The van der Waals surface area contributed by atoms with E-state index in [0.717, 1.165) is 11.1 Å². The number of nitrogen functional groups attached to an aromatic ring is 1. The number of benzene rings is 2. The van der Waals surface area contributed by atoms with E-state index in [1.807, 2.05) is 49.4 Å². The molecule has 110 valence electrons. The summed E-state index contributed by atoms with van der Waals surface area (Å²) in [5.41, 5.74) is 8.12. The second kappa shape index (κ2) is 6.90. The van der Waals surface area contributed by atoms with Gasteiger partial charge in [0.15, 0.2) is 0 Å². The maximum atomic E-state index is 12.3. The number of aliphatic hydroxyl groups is 1. The molecule has 0 fully saturated rings. The van der Waals surface area contributed by atoms with Crippen molar-refractivity contribution in [1.82, 2.24) is 5.32 Å². The summed E-state index contributed by atoms with van der Waals surface area (Å²) in [5, 5.41) is 12.4. The lowest BCUT2D eigenvalue weighted by atomic mass is 9.98. The van der Waals surface area contributed by atoms with Crippen LogP contribution in [0.1, 0.15) is 30.0 Å². The molecule has 0 aliphatic rings. The Bertz CT molecular complexity index is 599. The lowest BCUT2D eigenvalue weighted by Crippen LogP contribution is -2.33. The fourth-order valence-electron chi connectivity index (χ4n) is 2.20. The molecular weight excluding hydrogens is 264 g/mol. The molecule has 0 aliphatic carbocycles. The molecule has 2 atom stereocenters. The third kappa shape index (κ3) is 3.83. The van der Waals surface area contributed by atoms with Gasteiger partial charge in [-0.1, -0.05) is 42.5 Å². The van der Waals surface area contributed by atoms with Gasteiger partial charge in [-0.3, -0.25) is 4.79 Å². The molecule has 0 saturated heterocycles. The minimum absolute atomic E-state index is 0.136. The monoisotopic (exact) mass is 284 g/mol. The lowest BCUT2D eigenvalue weighted by molar-refractivity contribution is -0.123. The highest BCUT2D eigenvalue weighted by Crippen LogP contribution is 2.20. The van der Waals surface area contributed by atoms with E-state index in [1.54, 1.807) is 12.1 Å². The van der Waals surface area contributed by atoms with Crippen molar-refractivity contribution in [2.75, 3.05) is 12.3 Å². The molecule has 0 saturated carbocycles. The SMILES string of the molecule is CC(C(=O)NC(CO)c1ccccc1)c1cccc(N)c1. The first kappa shape index (κ1) is 15.1. The van der Waals surface area contributed by atoms with Crippen molar-refractivity contribution in [2.45, 2.75) is 18.9 Å². The van der Waals surface area contributed by atoms with Crippen molar-refractivity contribution in [3.05, 3.63) is 65.7 Å². The molecule has 0 aliphatic heterocycles. The van der Waals surface area contributed by atoms with Crippen LogP contribution in [0.3, 0.4) is 0 Å². The molecule has 2 aromatic rings. The summed E-state index contributed by atoms with van der Waals surface area (Å²) in [6, 6.07) is 16.3. The topological polar surface area (TPSA) is 75.3 Å². The molecule has 2 aromatic carbocycles. The molecule has 2 rings (SSSR count). The fraction of sp³-hybridized carbons (Fsp3) is 0.235. The van der Waals surface area contributed by atoms with Crippen molar-refractivity contribution in [2.24, 2.45) is 0 Å². The molecule has 4 N–H and O–H groups in total. The van der Waals surface area contributed by atoms with E-state index in [1.165, 1.54) is 0 Å². The van der Waals surface area contributed by atoms with E-state index in [-0.39, 0.29) is 18.4 Å². The van der Waals surface area contributed by atoms with Crippen LogP contribution >= 0.6 is 0 Å². The summed E-state index contributed by atoms with van der Waals surface area (Å²) in [5.74, 6) is -0.463. The van der Waals surface area contributed by atoms with Crippen molar-refractivity contribution in [1.29, 1.82) is 0 Å². The minimum atomic E-state index is -0.401. The van der Waals surface area contributed by atoms with Gasteiger partial charge in [-0.05, 0) is 30.2 Å². The fourth-order valence-corrected chi connectivity index (χ4v) is 2.20. The average molecular weight is 284 g/mol. The van der Waals surface area contributed by atoms with Gasteiger partial charge in [-0.15, -0.1) is 0 Å². The lowest BCUT2D eigenvalue weighted by Gasteiger charge is -2.20. The third-order valence-corrected chi connectivity index (χ3v) is 3.50. The molecule has 1 amide bonds. The Morgan fingerprint density at radius 3 is 2.43 bits per heavy atom. The first-order valence-electron chi connectivity index (χ1n) is 6.93. The molecule has 2 unspecified atom stereocenters. The number of carbonyl (C=O) groups is 1. The highest BCUT2D eigenvalue weighted by molar-refractivity contribution is 5.83. The summed E-state index contributed by atoms with van der Waals surface area (Å²) in [4.78, 5) is 12.3.